The summed E-state index contributed by atoms with van der Waals surface area (Å²) < 4.78 is 2.39. The second kappa shape index (κ2) is 9.57. The summed E-state index contributed by atoms with van der Waals surface area (Å²) in [4.78, 5) is 31.2. The van der Waals surface area contributed by atoms with E-state index >= 15 is 0 Å². The third-order valence-electron chi connectivity index (χ3n) is 6.02. The van der Waals surface area contributed by atoms with Crippen LogP contribution in [0.3, 0.4) is 0 Å². The molecule has 2 saturated heterocycles. The topological polar surface area (TPSA) is 45.6 Å². The number of carbonyl (C=O) groups is 1. The highest BCUT2D eigenvalue weighted by Gasteiger charge is 2.32. The van der Waals surface area contributed by atoms with E-state index in [0.29, 0.717) is 27.9 Å². The van der Waals surface area contributed by atoms with Crippen LogP contribution in [0, 0.1) is 0 Å². The molecule has 2 aliphatic rings. The zero-order valence-corrected chi connectivity index (χ0v) is 19.9. The number of aryl methyl sites for hydroxylation is 1. The molecule has 0 saturated carbocycles. The predicted octanol–water partition coefficient (Wildman–Crippen LogP) is 5.01. The maximum atomic E-state index is 13.7. The molecule has 2 aliphatic heterocycles. The molecular weight excluding hydrogens is 426 g/mol. The lowest BCUT2D eigenvalue weighted by molar-refractivity contribution is -0.122. The van der Waals surface area contributed by atoms with E-state index in [9.17, 15) is 9.59 Å². The second-order valence-corrected chi connectivity index (χ2v) is 9.74. The van der Waals surface area contributed by atoms with Gasteiger partial charge in [-0.05, 0) is 38.3 Å². The predicted molar refractivity (Wildman–Crippen MR) is 135 cm³/mol. The molecule has 3 heterocycles. The maximum Gasteiger partial charge on any atom is 0.266 e. The number of anilines is 1. The summed E-state index contributed by atoms with van der Waals surface area (Å²) in [5.41, 5.74) is 2.48. The van der Waals surface area contributed by atoms with Crippen molar-refractivity contribution in [3.8, 4) is 0 Å². The van der Waals surface area contributed by atoms with Gasteiger partial charge in [-0.25, -0.2) is 0 Å². The molecule has 0 radical (unpaired) electrons. The van der Waals surface area contributed by atoms with E-state index < -0.39 is 0 Å². The standard InChI is InChI=1S/C24H29N3O2S2/c1-3-13-27-23(29)20(31-24(27)30)16-18-21(25-14-9-5-6-10-15-25)17-11-7-8-12-19(17)26(4-2)22(18)28/h7-8,11-12,16H,3-6,9-10,13-15H2,1-2H3. The first-order valence-electron chi connectivity index (χ1n) is 11.2. The summed E-state index contributed by atoms with van der Waals surface area (Å²) in [6.07, 6.45) is 7.30. The van der Waals surface area contributed by atoms with E-state index in [4.69, 9.17) is 12.2 Å². The lowest BCUT2D eigenvalue weighted by Crippen LogP contribution is -2.31. The van der Waals surface area contributed by atoms with Gasteiger partial charge in [0, 0.05) is 31.6 Å². The Morgan fingerprint density at radius 2 is 1.77 bits per heavy atom. The van der Waals surface area contributed by atoms with Gasteiger partial charge in [0.25, 0.3) is 11.5 Å². The molecule has 1 aromatic carbocycles. The number of thioether (sulfide) groups is 1. The Bertz CT molecular complexity index is 1100. The highest BCUT2D eigenvalue weighted by Crippen LogP contribution is 2.36. The Morgan fingerprint density at radius 1 is 1.06 bits per heavy atom. The van der Waals surface area contributed by atoms with E-state index in [2.05, 4.69) is 11.0 Å². The molecular formula is C24H29N3O2S2. The molecule has 4 rings (SSSR count). The smallest absolute Gasteiger partial charge is 0.266 e. The number of rotatable bonds is 5. The van der Waals surface area contributed by atoms with Crippen molar-refractivity contribution in [2.45, 2.75) is 52.5 Å². The number of thiocarbonyl (C=S) groups is 1. The van der Waals surface area contributed by atoms with Gasteiger partial charge >= 0.3 is 0 Å². The first-order valence-corrected chi connectivity index (χ1v) is 12.4. The molecule has 2 fully saturated rings. The number of hydrogen-bond donors (Lipinski definition) is 0. The van der Waals surface area contributed by atoms with Crippen LogP contribution in [0.25, 0.3) is 17.0 Å². The monoisotopic (exact) mass is 455 g/mol. The molecule has 164 valence electrons. The minimum atomic E-state index is -0.0886. The molecule has 0 aliphatic carbocycles. The lowest BCUT2D eigenvalue weighted by atomic mass is 10.1. The zero-order valence-electron chi connectivity index (χ0n) is 18.2. The second-order valence-electron chi connectivity index (χ2n) is 8.06. The average Bonchev–Trinajstić information content (AvgIpc) is 2.95. The van der Waals surface area contributed by atoms with Gasteiger partial charge in [-0.15, -0.1) is 0 Å². The van der Waals surface area contributed by atoms with Gasteiger partial charge in [0.15, 0.2) is 0 Å². The van der Waals surface area contributed by atoms with Crippen LogP contribution >= 0.6 is 24.0 Å². The minimum absolute atomic E-state index is 0.0405. The fraction of sp³-hybridized carbons (Fsp3) is 0.458. The van der Waals surface area contributed by atoms with Gasteiger partial charge in [0.05, 0.1) is 21.7 Å². The quantitative estimate of drug-likeness (QED) is 0.468. The Balaban J connectivity index is 1.94. The number of para-hydroxylation sites is 1. The number of amides is 1. The normalized spacial score (nSPS) is 19.0. The summed E-state index contributed by atoms with van der Waals surface area (Å²) in [6, 6.07) is 8.13. The van der Waals surface area contributed by atoms with Crippen LogP contribution in [0.5, 0.6) is 0 Å². The van der Waals surface area contributed by atoms with Crippen molar-refractivity contribution < 1.29 is 4.79 Å². The zero-order chi connectivity index (χ0) is 22.0. The van der Waals surface area contributed by atoms with Gasteiger partial charge < -0.3 is 9.47 Å². The number of benzene rings is 1. The van der Waals surface area contributed by atoms with Crippen molar-refractivity contribution in [3.63, 3.8) is 0 Å². The van der Waals surface area contributed by atoms with Crippen molar-refractivity contribution in [2.24, 2.45) is 0 Å². The van der Waals surface area contributed by atoms with E-state index in [1.54, 1.807) is 11.0 Å². The molecule has 5 nitrogen and oxygen atoms in total. The fourth-order valence-electron chi connectivity index (χ4n) is 4.54. The number of hydrogen-bond acceptors (Lipinski definition) is 5. The summed E-state index contributed by atoms with van der Waals surface area (Å²) in [6.45, 7) is 7.07. The third-order valence-corrected chi connectivity index (χ3v) is 7.39. The summed E-state index contributed by atoms with van der Waals surface area (Å²) >= 11 is 6.75. The molecule has 0 unspecified atom stereocenters. The molecule has 2 aromatic rings. The van der Waals surface area contributed by atoms with E-state index in [-0.39, 0.29) is 11.5 Å². The maximum absolute atomic E-state index is 13.7. The van der Waals surface area contributed by atoms with Crippen LogP contribution in [0.1, 0.15) is 51.5 Å². The average molecular weight is 456 g/mol. The lowest BCUT2D eigenvalue weighted by Gasteiger charge is -2.27. The molecule has 0 N–H and O–H groups in total. The molecule has 0 bridgehead atoms. The number of carbonyl (C=O) groups excluding carboxylic acids is 1. The molecule has 0 spiro atoms. The van der Waals surface area contributed by atoms with Crippen molar-refractivity contribution >= 4 is 56.9 Å². The van der Waals surface area contributed by atoms with Crippen LogP contribution in [0.4, 0.5) is 5.69 Å². The molecule has 7 heteroatoms. The highest BCUT2D eigenvalue weighted by molar-refractivity contribution is 8.26. The summed E-state index contributed by atoms with van der Waals surface area (Å²) in [7, 11) is 0. The fourth-order valence-corrected chi connectivity index (χ4v) is 5.83. The van der Waals surface area contributed by atoms with Gasteiger partial charge in [0.1, 0.15) is 4.32 Å². The van der Waals surface area contributed by atoms with E-state index in [1.165, 1.54) is 24.6 Å². The van der Waals surface area contributed by atoms with Gasteiger partial charge in [0.2, 0.25) is 0 Å². The number of aromatic nitrogens is 1. The number of nitrogens with zero attached hydrogens (tertiary/aromatic N) is 3. The third kappa shape index (κ3) is 4.17. The largest absolute Gasteiger partial charge is 0.370 e. The van der Waals surface area contributed by atoms with E-state index in [1.807, 2.05) is 36.6 Å². The minimum Gasteiger partial charge on any atom is -0.370 e. The van der Waals surface area contributed by atoms with Crippen LogP contribution < -0.4 is 10.5 Å². The van der Waals surface area contributed by atoms with Gasteiger partial charge in [-0.2, -0.15) is 0 Å². The van der Waals surface area contributed by atoms with Crippen molar-refractivity contribution in [2.75, 3.05) is 24.5 Å². The van der Waals surface area contributed by atoms with Crippen molar-refractivity contribution in [1.82, 2.24) is 9.47 Å². The Kier molecular flexibility index (Phi) is 6.82. The number of fused-ring (bicyclic) bond motifs is 1. The van der Waals surface area contributed by atoms with Gasteiger partial charge in [-0.3, -0.25) is 14.5 Å². The van der Waals surface area contributed by atoms with Crippen molar-refractivity contribution in [3.05, 3.63) is 45.1 Å². The Labute approximate surface area is 193 Å². The first kappa shape index (κ1) is 22.1. The molecule has 31 heavy (non-hydrogen) atoms. The summed E-state index contributed by atoms with van der Waals surface area (Å²) in [5, 5.41) is 1.07. The summed E-state index contributed by atoms with van der Waals surface area (Å²) in [5.74, 6) is -0.0886. The van der Waals surface area contributed by atoms with Crippen LogP contribution in [0.15, 0.2) is 34.0 Å². The Hall–Kier alpha value is -2.12. The SMILES string of the molecule is CCCN1C(=O)C(=Cc2c(N3CCCCCC3)c3ccccc3n(CC)c2=O)SC1=S. The molecule has 0 atom stereocenters. The van der Waals surface area contributed by atoms with Crippen molar-refractivity contribution in [1.29, 1.82) is 0 Å². The molecule has 1 amide bonds. The van der Waals surface area contributed by atoms with Crippen LogP contribution in [0.2, 0.25) is 0 Å². The molecule has 1 aromatic heterocycles. The Morgan fingerprint density at radius 3 is 2.45 bits per heavy atom. The highest BCUT2D eigenvalue weighted by atomic mass is 32.2. The van der Waals surface area contributed by atoms with Crippen LogP contribution in [-0.4, -0.2) is 39.3 Å². The number of pyridine rings is 1. The first-order chi connectivity index (χ1) is 15.1. The van der Waals surface area contributed by atoms with E-state index in [0.717, 1.165) is 48.9 Å². The van der Waals surface area contributed by atoms with Gasteiger partial charge in [-0.1, -0.05) is 61.9 Å². The van der Waals surface area contributed by atoms with Crippen LogP contribution in [-0.2, 0) is 11.3 Å².